The molecule has 1 heterocycles. The standard InChI is InChI=1S/C15H25N5O7/c1-7(21)12(14(25)19-9(15(26)27)5-10(16)22)20-11(23)6-18-13(24)8-3-2-4-17-8/h7-9,12,17,21H,2-6H2,1H3,(H2,16,22)(H,18,24)(H,19,25)(H,20,23)(H,26,27). The molecule has 0 aliphatic carbocycles. The van der Waals surface area contributed by atoms with Crippen LogP contribution >= 0.6 is 0 Å². The lowest BCUT2D eigenvalue weighted by atomic mass is 10.1. The predicted octanol–water partition coefficient (Wildman–Crippen LogP) is -3.83. The number of nitrogens with one attached hydrogen (secondary N) is 4. The summed E-state index contributed by atoms with van der Waals surface area (Å²) in [7, 11) is 0. The van der Waals surface area contributed by atoms with Crippen LogP contribution in [0.1, 0.15) is 26.2 Å². The minimum Gasteiger partial charge on any atom is -0.480 e. The Bertz CT molecular complexity index is 589. The molecule has 1 fully saturated rings. The van der Waals surface area contributed by atoms with Crippen LogP contribution in [0.2, 0.25) is 0 Å². The second kappa shape index (κ2) is 10.4. The lowest BCUT2D eigenvalue weighted by Crippen LogP contribution is -2.57. The van der Waals surface area contributed by atoms with Crippen LogP contribution in [0.4, 0.5) is 0 Å². The Kier molecular flexibility index (Phi) is 8.62. The molecule has 1 saturated heterocycles. The number of carbonyl (C=O) groups excluding carboxylic acids is 4. The minimum absolute atomic E-state index is 0.354. The van der Waals surface area contributed by atoms with E-state index in [1.165, 1.54) is 6.92 Å². The van der Waals surface area contributed by atoms with Crippen molar-refractivity contribution in [3.63, 3.8) is 0 Å². The maximum Gasteiger partial charge on any atom is 0.326 e. The van der Waals surface area contributed by atoms with Crippen molar-refractivity contribution in [2.24, 2.45) is 5.73 Å². The van der Waals surface area contributed by atoms with Crippen LogP contribution < -0.4 is 27.0 Å². The van der Waals surface area contributed by atoms with Gasteiger partial charge in [0.1, 0.15) is 12.1 Å². The van der Waals surface area contributed by atoms with Crippen molar-refractivity contribution >= 4 is 29.6 Å². The molecule has 4 unspecified atom stereocenters. The van der Waals surface area contributed by atoms with Gasteiger partial charge in [0.15, 0.2) is 0 Å². The second-order valence-electron chi connectivity index (χ2n) is 6.22. The maximum absolute atomic E-state index is 12.2. The van der Waals surface area contributed by atoms with E-state index in [0.717, 1.165) is 6.42 Å². The number of aliphatic hydroxyl groups is 1. The topological polar surface area (TPSA) is 200 Å². The monoisotopic (exact) mass is 387 g/mol. The molecule has 0 aromatic rings. The van der Waals surface area contributed by atoms with E-state index in [1.807, 2.05) is 5.32 Å². The van der Waals surface area contributed by atoms with Gasteiger partial charge in [-0.15, -0.1) is 0 Å². The average Bonchev–Trinajstić information content (AvgIpc) is 3.10. The number of hydrogen-bond donors (Lipinski definition) is 7. The van der Waals surface area contributed by atoms with Crippen LogP contribution in [0.5, 0.6) is 0 Å². The molecule has 0 saturated carbocycles. The SMILES string of the molecule is CC(O)C(NC(=O)CNC(=O)C1CCCN1)C(=O)NC(CC(N)=O)C(=O)O. The van der Waals surface area contributed by atoms with Gasteiger partial charge in [-0.25, -0.2) is 4.79 Å². The zero-order valence-corrected chi connectivity index (χ0v) is 14.9. The number of hydrogen-bond acceptors (Lipinski definition) is 7. The third-order valence-electron chi connectivity index (χ3n) is 3.90. The number of rotatable bonds is 10. The zero-order chi connectivity index (χ0) is 20.6. The van der Waals surface area contributed by atoms with E-state index < -0.39 is 54.8 Å². The van der Waals surface area contributed by atoms with Gasteiger partial charge in [0.2, 0.25) is 23.6 Å². The van der Waals surface area contributed by atoms with Crippen LogP contribution in [-0.4, -0.2) is 77.1 Å². The maximum atomic E-state index is 12.2. The molecule has 0 aromatic carbocycles. The number of carboxylic acids is 1. The molecule has 27 heavy (non-hydrogen) atoms. The minimum atomic E-state index is -1.60. The van der Waals surface area contributed by atoms with Crippen molar-refractivity contribution in [3.8, 4) is 0 Å². The Balaban J connectivity index is 2.58. The van der Waals surface area contributed by atoms with Crippen LogP contribution in [0.3, 0.4) is 0 Å². The number of aliphatic hydroxyl groups excluding tert-OH is 1. The Labute approximate surface area is 155 Å². The summed E-state index contributed by atoms with van der Waals surface area (Å²) < 4.78 is 0. The van der Waals surface area contributed by atoms with Crippen molar-refractivity contribution in [2.75, 3.05) is 13.1 Å². The molecule has 1 aliphatic heterocycles. The highest BCUT2D eigenvalue weighted by Gasteiger charge is 2.30. The number of aliphatic carboxylic acids is 1. The molecule has 0 aromatic heterocycles. The summed E-state index contributed by atoms with van der Waals surface area (Å²) in [6.45, 7) is 1.51. The molecule has 8 N–H and O–H groups in total. The highest BCUT2D eigenvalue weighted by molar-refractivity contribution is 5.94. The molecule has 152 valence electrons. The van der Waals surface area contributed by atoms with Crippen LogP contribution in [0.15, 0.2) is 0 Å². The van der Waals surface area contributed by atoms with Gasteiger partial charge in [0.05, 0.1) is 25.1 Å². The molecule has 1 aliphatic rings. The van der Waals surface area contributed by atoms with Gasteiger partial charge < -0.3 is 37.2 Å². The molecule has 0 radical (unpaired) electrons. The van der Waals surface area contributed by atoms with Crippen molar-refractivity contribution in [2.45, 2.75) is 50.4 Å². The van der Waals surface area contributed by atoms with E-state index in [2.05, 4.69) is 16.0 Å². The molecular weight excluding hydrogens is 362 g/mol. The fourth-order valence-corrected chi connectivity index (χ4v) is 2.49. The quantitative estimate of drug-likeness (QED) is 0.197. The number of carbonyl (C=O) groups is 5. The normalized spacial score (nSPS) is 19.4. The summed E-state index contributed by atoms with van der Waals surface area (Å²) in [5.41, 5.74) is 4.93. The van der Waals surface area contributed by atoms with E-state index in [4.69, 9.17) is 10.8 Å². The fraction of sp³-hybridized carbons (Fsp3) is 0.667. The highest BCUT2D eigenvalue weighted by Crippen LogP contribution is 2.04. The lowest BCUT2D eigenvalue weighted by Gasteiger charge is -2.23. The first-order valence-corrected chi connectivity index (χ1v) is 8.41. The first-order chi connectivity index (χ1) is 12.6. The van der Waals surface area contributed by atoms with Gasteiger partial charge in [0.25, 0.3) is 0 Å². The summed E-state index contributed by atoms with van der Waals surface area (Å²) in [6.07, 6.45) is -0.497. The van der Waals surface area contributed by atoms with E-state index in [-0.39, 0.29) is 11.9 Å². The summed E-state index contributed by atoms with van der Waals surface area (Å²) in [5.74, 6) is -4.54. The highest BCUT2D eigenvalue weighted by atomic mass is 16.4. The van der Waals surface area contributed by atoms with Gasteiger partial charge in [-0.2, -0.15) is 0 Å². The van der Waals surface area contributed by atoms with Gasteiger partial charge in [-0.1, -0.05) is 0 Å². The fourth-order valence-electron chi connectivity index (χ4n) is 2.49. The molecule has 12 heteroatoms. The van der Waals surface area contributed by atoms with Crippen molar-refractivity contribution in [3.05, 3.63) is 0 Å². The molecular formula is C15H25N5O7. The van der Waals surface area contributed by atoms with Crippen molar-refractivity contribution in [1.29, 1.82) is 0 Å². The largest absolute Gasteiger partial charge is 0.480 e. The van der Waals surface area contributed by atoms with Crippen LogP contribution in [0, 0.1) is 0 Å². The molecule has 1 rings (SSSR count). The molecule has 12 nitrogen and oxygen atoms in total. The van der Waals surface area contributed by atoms with Gasteiger partial charge in [0, 0.05) is 0 Å². The van der Waals surface area contributed by atoms with E-state index in [9.17, 15) is 29.1 Å². The van der Waals surface area contributed by atoms with Crippen molar-refractivity contribution in [1.82, 2.24) is 21.3 Å². The molecule has 0 spiro atoms. The third-order valence-corrected chi connectivity index (χ3v) is 3.90. The van der Waals surface area contributed by atoms with Crippen LogP contribution in [-0.2, 0) is 24.0 Å². The summed E-state index contributed by atoms with van der Waals surface area (Å²) in [5, 5.41) is 28.3. The Morgan fingerprint density at radius 1 is 1.22 bits per heavy atom. The summed E-state index contributed by atoms with van der Waals surface area (Å²) in [4.78, 5) is 57.9. The zero-order valence-electron chi connectivity index (χ0n) is 14.9. The number of primary amides is 1. The van der Waals surface area contributed by atoms with E-state index >= 15 is 0 Å². The average molecular weight is 387 g/mol. The first kappa shape index (κ1) is 22.3. The molecule has 4 atom stereocenters. The number of nitrogens with two attached hydrogens (primary N) is 1. The molecule has 4 amide bonds. The van der Waals surface area contributed by atoms with Gasteiger partial charge in [-0.05, 0) is 26.3 Å². The molecule has 0 bridgehead atoms. The lowest BCUT2D eigenvalue weighted by molar-refractivity contribution is -0.144. The predicted molar refractivity (Wildman–Crippen MR) is 91.0 cm³/mol. The summed E-state index contributed by atoms with van der Waals surface area (Å²) >= 11 is 0. The first-order valence-electron chi connectivity index (χ1n) is 8.41. The number of carboxylic acid groups (broad SMARTS) is 1. The number of amides is 4. The Hall–Kier alpha value is -2.73. The second-order valence-corrected chi connectivity index (χ2v) is 6.22. The van der Waals surface area contributed by atoms with E-state index in [1.54, 1.807) is 0 Å². The Morgan fingerprint density at radius 2 is 1.89 bits per heavy atom. The smallest absolute Gasteiger partial charge is 0.326 e. The Morgan fingerprint density at radius 3 is 2.37 bits per heavy atom. The third kappa shape index (κ3) is 7.58. The van der Waals surface area contributed by atoms with E-state index in [0.29, 0.717) is 13.0 Å². The van der Waals surface area contributed by atoms with Gasteiger partial charge >= 0.3 is 5.97 Å². The summed E-state index contributed by atoms with van der Waals surface area (Å²) in [6, 6.07) is -3.45. The van der Waals surface area contributed by atoms with Crippen LogP contribution in [0.25, 0.3) is 0 Å². The van der Waals surface area contributed by atoms with Gasteiger partial charge in [-0.3, -0.25) is 19.2 Å². The van der Waals surface area contributed by atoms with Crippen molar-refractivity contribution < 1.29 is 34.2 Å².